The van der Waals surface area contributed by atoms with Crippen molar-refractivity contribution in [2.24, 2.45) is 5.41 Å². The summed E-state index contributed by atoms with van der Waals surface area (Å²) in [6.45, 7) is 7.37. The lowest BCUT2D eigenvalue weighted by atomic mass is 9.85. The summed E-state index contributed by atoms with van der Waals surface area (Å²) in [6, 6.07) is 0.303. The quantitative estimate of drug-likeness (QED) is 0.836. The lowest BCUT2D eigenvalue weighted by Gasteiger charge is -2.17. The molecule has 2 rings (SSSR count). The zero-order chi connectivity index (χ0) is 14.4. The van der Waals surface area contributed by atoms with E-state index in [1.165, 1.54) is 11.3 Å². The van der Waals surface area contributed by atoms with Crippen molar-refractivity contribution < 1.29 is 9.59 Å². The largest absolute Gasteiger partial charge is 0.390 e. The molecule has 0 atom stereocenters. The number of anilines is 1. The van der Waals surface area contributed by atoms with E-state index in [0.717, 1.165) is 12.8 Å². The molecule has 5 heteroatoms. The van der Waals surface area contributed by atoms with Gasteiger partial charge in [0.25, 0.3) is 5.91 Å². The number of Topliss-reactive ketones (excluding diaryl/α,β-unsaturated/α-hetero) is 1. The average molecular weight is 280 g/mol. The molecule has 0 saturated heterocycles. The van der Waals surface area contributed by atoms with Gasteiger partial charge in [0.1, 0.15) is 0 Å². The van der Waals surface area contributed by atoms with Crippen molar-refractivity contribution in [1.29, 1.82) is 0 Å². The molecule has 1 aromatic heterocycles. The van der Waals surface area contributed by atoms with Gasteiger partial charge in [-0.25, -0.2) is 0 Å². The molecule has 4 nitrogen and oxygen atoms in total. The number of nitrogen functional groups attached to an aromatic ring is 1. The first-order valence-corrected chi connectivity index (χ1v) is 7.28. The fraction of sp³-hybridized carbons (Fsp3) is 0.571. The molecule has 0 unspecified atom stereocenters. The van der Waals surface area contributed by atoms with Gasteiger partial charge in [0.2, 0.25) is 0 Å². The number of carbonyl (C=O) groups is 2. The van der Waals surface area contributed by atoms with Gasteiger partial charge in [-0.05, 0) is 25.3 Å². The van der Waals surface area contributed by atoms with Crippen molar-refractivity contribution in [1.82, 2.24) is 5.32 Å². The summed E-state index contributed by atoms with van der Waals surface area (Å²) >= 11 is 1.21. The third-order valence-corrected chi connectivity index (χ3v) is 4.32. The Kier molecular flexibility index (Phi) is 3.43. The minimum atomic E-state index is -0.496. The van der Waals surface area contributed by atoms with Crippen LogP contribution in [0.4, 0.5) is 5.00 Å². The minimum Gasteiger partial charge on any atom is -0.390 e. The first kappa shape index (κ1) is 14.1. The minimum absolute atomic E-state index is 0.00998. The highest BCUT2D eigenvalue weighted by Crippen LogP contribution is 2.35. The van der Waals surface area contributed by atoms with E-state index in [0.29, 0.717) is 27.0 Å². The lowest BCUT2D eigenvalue weighted by Crippen LogP contribution is -2.25. The fourth-order valence-corrected chi connectivity index (χ4v) is 2.86. The van der Waals surface area contributed by atoms with Gasteiger partial charge in [-0.2, -0.15) is 0 Å². The molecule has 1 fully saturated rings. The monoisotopic (exact) mass is 280 g/mol. The maximum atomic E-state index is 12.4. The summed E-state index contributed by atoms with van der Waals surface area (Å²) in [5.74, 6) is -0.117. The van der Waals surface area contributed by atoms with Crippen molar-refractivity contribution >= 4 is 28.0 Å². The standard InChI is InChI=1S/C14H20N2O2S/c1-7-9(11(17)14(2,3)4)12(15)19-10(7)13(18)16-8-5-6-8/h8H,5-6,15H2,1-4H3,(H,16,18). The molecule has 0 radical (unpaired) electrons. The van der Waals surface area contributed by atoms with Crippen LogP contribution in [0.5, 0.6) is 0 Å². The van der Waals surface area contributed by atoms with Crippen molar-refractivity contribution in [3.05, 3.63) is 16.0 Å². The number of ketones is 1. The summed E-state index contributed by atoms with van der Waals surface area (Å²) in [5.41, 5.74) is 6.67. The third kappa shape index (κ3) is 2.81. The molecule has 1 aliphatic carbocycles. The van der Waals surface area contributed by atoms with Gasteiger partial charge >= 0.3 is 0 Å². The van der Waals surface area contributed by atoms with E-state index in [4.69, 9.17) is 5.73 Å². The fourth-order valence-electron chi connectivity index (χ4n) is 1.89. The van der Waals surface area contributed by atoms with Crippen LogP contribution in [0.25, 0.3) is 0 Å². The van der Waals surface area contributed by atoms with Gasteiger partial charge in [-0.1, -0.05) is 20.8 Å². The molecule has 19 heavy (non-hydrogen) atoms. The lowest BCUT2D eigenvalue weighted by molar-refractivity contribution is 0.0859. The molecular formula is C14H20N2O2S. The molecule has 3 N–H and O–H groups in total. The molecule has 1 aromatic rings. The van der Waals surface area contributed by atoms with Crippen LogP contribution in [0, 0.1) is 12.3 Å². The van der Waals surface area contributed by atoms with Gasteiger partial charge < -0.3 is 11.1 Å². The SMILES string of the molecule is Cc1c(C(=O)NC2CC2)sc(N)c1C(=O)C(C)(C)C. The Balaban J connectivity index is 2.33. The van der Waals surface area contributed by atoms with Crippen LogP contribution in [0.15, 0.2) is 0 Å². The Morgan fingerprint density at radius 1 is 1.32 bits per heavy atom. The van der Waals surface area contributed by atoms with Gasteiger partial charge in [0, 0.05) is 11.5 Å². The molecule has 1 aliphatic rings. The second-order valence-electron chi connectivity index (χ2n) is 6.12. The number of hydrogen-bond donors (Lipinski definition) is 2. The topological polar surface area (TPSA) is 72.2 Å². The maximum Gasteiger partial charge on any atom is 0.261 e. The van der Waals surface area contributed by atoms with Crippen LogP contribution in [-0.4, -0.2) is 17.7 Å². The van der Waals surface area contributed by atoms with Crippen molar-refractivity contribution in [2.45, 2.75) is 46.6 Å². The number of nitrogens with one attached hydrogen (secondary N) is 1. The van der Waals surface area contributed by atoms with Crippen LogP contribution < -0.4 is 11.1 Å². The number of hydrogen-bond acceptors (Lipinski definition) is 4. The molecular weight excluding hydrogens is 260 g/mol. The summed E-state index contributed by atoms with van der Waals surface area (Å²) in [5, 5.41) is 3.38. The van der Waals surface area contributed by atoms with E-state index in [-0.39, 0.29) is 11.7 Å². The molecule has 1 amide bonds. The summed E-state index contributed by atoms with van der Waals surface area (Å²) < 4.78 is 0. The van der Waals surface area contributed by atoms with E-state index in [1.807, 2.05) is 20.8 Å². The molecule has 0 aromatic carbocycles. The molecule has 104 valence electrons. The Morgan fingerprint density at radius 3 is 2.37 bits per heavy atom. The van der Waals surface area contributed by atoms with Crippen LogP contribution in [0.2, 0.25) is 0 Å². The average Bonchev–Trinajstić information content (AvgIpc) is 3.03. The first-order valence-electron chi connectivity index (χ1n) is 6.46. The highest BCUT2D eigenvalue weighted by atomic mass is 32.1. The van der Waals surface area contributed by atoms with E-state index >= 15 is 0 Å². The molecule has 0 spiro atoms. The Morgan fingerprint density at radius 2 is 1.89 bits per heavy atom. The van der Waals surface area contributed by atoms with Crippen LogP contribution in [-0.2, 0) is 0 Å². The van der Waals surface area contributed by atoms with Crippen LogP contribution in [0.1, 0.15) is 59.2 Å². The van der Waals surface area contributed by atoms with Crippen LogP contribution >= 0.6 is 11.3 Å². The van der Waals surface area contributed by atoms with Crippen molar-refractivity contribution in [2.75, 3.05) is 5.73 Å². The predicted octanol–water partition coefficient (Wildman–Crippen LogP) is 2.76. The molecule has 0 aliphatic heterocycles. The number of thiophene rings is 1. The van der Waals surface area contributed by atoms with Gasteiger partial charge in [0.15, 0.2) is 5.78 Å². The first-order chi connectivity index (χ1) is 8.71. The second kappa shape index (κ2) is 4.63. The Hall–Kier alpha value is -1.36. The summed E-state index contributed by atoms with van der Waals surface area (Å²) in [6.07, 6.45) is 2.08. The van der Waals surface area contributed by atoms with Gasteiger partial charge in [-0.15, -0.1) is 11.3 Å². The van der Waals surface area contributed by atoms with Gasteiger partial charge in [-0.3, -0.25) is 9.59 Å². The summed E-state index contributed by atoms with van der Waals surface area (Å²) in [7, 11) is 0. The van der Waals surface area contributed by atoms with Crippen molar-refractivity contribution in [3.63, 3.8) is 0 Å². The Labute approximate surface area is 117 Å². The third-order valence-electron chi connectivity index (χ3n) is 3.20. The number of carbonyl (C=O) groups excluding carboxylic acids is 2. The normalized spacial score (nSPS) is 15.4. The molecule has 0 bridgehead atoms. The van der Waals surface area contributed by atoms with Gasteiger partial charge in [0.05, 0.1) is 15.4 Å². The zero-order valence-corrected chi connectivity index (χ0v) is 12.6. The maximum absolute atomic E-state index is 12.4. The number of nitrogens with two attached hydrogens (primary N) is 1. The smallest absolute Gasteiger partial charge is 0.261 e. The second-order valence-corrected chi connectivity index (χ2v) is 7.17. The molecule has 1 saturated carbocycles. The predicted molar refractivity (Wildman–Crippen MR) is 77.7 cm³/mol. The van der Waals surface area contributed by atoms with E-state index < -0.39 is 5.41 Å². The Bertz CT molecular complexity index is 536. The van der Waals surface area contributed by atoms with Crippen molar-refractivity contribution in [3.8, 4) is 0 Å². The highest BCUT2D eigenvalue weighted by molar-refractivity contribution is 7.18. The summed E-state index contributed by atoms with van der Waals surface area (Å²) in [4.78, 5) is 25.0. The number of rotatable bonds is 3. The highest BCUT2D eigenvalue weighted by Gasteiger charge is 2.31. The van der Waals surface area contributed by atoms with E-state index in [2.05, 4.69) is 5.32 Å². The molecule has 1 heterocycles. The number of amides is 1. The van der Waals surface area contributed by atoms with E-state index in [9.17, 15) is 9.59 Å². The zero-order valence-electron chi connectivity index (χ0n) is 11.8. The van der Waals surface area contributed by atoms with Crippen LogP contribution in [0.3, 0.4) is 0 Å². The van der Waals surface area contributed by atoms with E-state index in [1.54, 1.807) is 6.92 Å².